The molecule has 0 saturated heterocycles. The molecule has 10 nitrogen and oxygen atoms in total. The fourth-order valence-corrected chi connectivity index (χ4v) is 5.71. The maximum atomic E-state index is 13.2. The van der Waals surface area contributed by atoms with Gasteiger partial charge in [-0.05, 0) is 79.9 Å². The summed E-state index contributed by atoms with van der Waals surface area (Å²) < 4.78 is 27.5. The minimum Gasteiger partial charge on any atom is -0.399 e. The van der Waals surface area contributed by atoms with E-state index in [-0.39, 0.29) is 10.8 Å². The fraction of sp³-hybridized carbons (Fsp3) is 0.0625. The number of amides is 1. The van der Waals surface area contributed by atoms with Crippen LogP contribution in [0.25, 0.3) is 11.0 Å². The van der Waals surface area contributed by atoms with Crippen molar-refractivity contribution in [3.8, 4) is 0 Å². The quantitative estimate of drug-likeness (QED) is 0.153. The number of rotatable bonds is 9. The van der Waals surface area contributed by atoms with E-state index >= 15 is 0 Å². The van der Waals surface area contributed by atoms with Crippen molar-refractivity contribution in [1.82, 2.24) is 8.96 Å². The van der Waals surface area contributed by atoms with Crippen LogP contribution >= 0.6 is 0 Å². The summed E-state index contributed by atoms with van der Waals surface area (Å²) in [7, 11) is -2.16. The zero-order valence-electron chi connectivity index (χ0n) is 23.5. The molecular formula is C32H29N7O3S. The van der Waals surface area contributed by atoms with Crippen molar-refractivity contribution in [2.45, 2.75) is 11.8 Å². The second-order valence-corrected chi connectivity index (χ2v) is 11.4. The number of anilines is 3. The van der Waals surface area contributed by atoms with Crippen molar-refractivity contribution in [3.05, 3.63) is 126 Å². The standard InChI is InChI=1S/C32H29N7O3S/c1-21-9-14-26(37-32(40)22-10-12-25(33)13-11-22)18-28(21)38-30(35-3)19-29(34-2)24-17-23-15-16-39(31(23)36-20-24)43(41,42)27-7-5-4-6-8-27/h4-20,38H,3,33H2,1-2H3,(H,37,40)/b30-19+,34-29?. The van der Waals surface area contributed by atoms with Crippen molar-refractivity contribution >= 4 is 56.5 Å². The van der Waals surface area contributed by atoms with Gasteiger partial charge in [-0.15, -0.1) is 0 Å². The molecule has 0 saturated carbocycles. The number of allylic oxidation sites excluding steroid dienone is 1. The van der Waals surface area contributed by atoms with Gasteiger partial charge in [0.15, 0.2) is 5.65 Å². The number of aromatic nitrogens is 2. The summed E-state index contributed by atoms with van der Waals surface area (Å²) >= 11 is 0. The van der Waals surface area contributed by atoms with Crippen LogP contribution in [-0.2, 0) is 10.0 Å². The lowest BCUT2D eigenvalue weighted by molar-refractivity contribution is 0.102. The minimum absolute atomic E-state index is 0.175. The molecule has 0 unspecified atom stereocenters. The number of aliphatic imine (C=N–C) groups is 2. The zero-order chi connectivity index (χ0) is 30.6. The van der Waals surface area contributed by atoms with Gasteiger partial charge >= 0.3 is 0 Å². The van der Waals surface area contributed by atoms with Gasteiger partial charge in [-0.2, -0.15) is 0 Å². The molecule has 0 aliphatic rings. The summed E-state index contributed by atoms with van der Waals surface area (Å²) in [4.78, 5) is 25.9. The summed E-state index contributed by atoms with van der Waals surface area (Å²) in [5.74, 6) is 0.149. The normalized spacial score (nSPS) is 12.2. The van der Waals surface area contributed by atoms with E-state index in [1.165, 1.54) is 10.2 Å². The van der Waals surface area contributed by atoms with Gasteiger partial charge in [0.25, 0.3) is 15.9 Å². The number of nitrogens with two attached hydrogens (primary N) is 1. The number of fused-ring (bicyclic) bond motifs is 1. The molecule has 3 aromatic carbocycles. The lowest BCUT2D eigenvalue weighted by Crippen LogP contribution is -2.12. The third kappa shape index (κ3) is 6.21. The van der Waals surface area contributed by atoms with Crippen molar-refractivity contribution < 1.29 is 13.2 Å². The highest BCUT2D eigenvalue weighted by molar-refractivity contribution is 7.90. The molecule has 0 radical (unpaired) electrons. The van der Waals surface area contributed by atoms with Gasteiger partial charge in [0.2, 0.25) is 0 Å². The second-order valence-electron chi connectivity index (χ2n) is 9.59. The van der Waals surface area contributed by atoms with Crippen molar-refractivity contribution in [2.24, 2.45) is 9.98 Å². The van der Waals surface area contributed by atoms with Crippen molar-refractivity contribution in [2.75, 3.05) is 23.4 Å². The van der Waals surface area contributed by atoms with Gasteiger partial charge < -0.3 is 16.4 Å². The predicted molar refractivity (Wildman–Crippen MR) is 172 cm³/mol. The van der Waals surface area contributed by atoms with Gasteiger partial charge in [0.1, 0.15) is 5.82 Å². The van der Waals surface area contributed by atoms with Crippen LogP contribution in [0.4, 0.5) is 17.1 Å². The first-order valence-electron chi connectivity index (χ1n) is 13.2. The van der Waals surface area contributed by atoms with E-state index in [0.717, 1.165) is 5.56 Å². The van der Waals surface area contributed by atoms with E-state index in [1.54, 1.807) is 86.1 Å². The molecule has 5 aromatic rings. The van der Waals surface area contributed by atoms with Crippen molar-refractivity contribution in [3.63, 3.8) is 0 Å². The molecule has 1 amide bonds. The lowest BCUT2D eigenvalue weighted by atomic mass is 10.1. The highest BCUT2D eigenvalue weighted by atomic mass is 32.2. The first kappa shape index (κ1) is 29.0. The first-order valence-corrected chi connectivity index (χ1v) is 14.6. The highest BCUT2D eigenvalue weighted by Crippen LogP contribution is 2.25. The molecule has 0 fully saturated rings. The average molecular weight is 592 g/mol. The van der Waals surface area contributed by atoms with Crippen LogP contribution in [0.1, 0.15) is 21.5 Å². The lowest BCUT2D eigenvalue weighted by Gasteiger charge is -2.13. The highest BCUT2D eigenvalue weighted by Gasteiger charge is 2.20. The predicted octanol–water partition coefficient (Wildman–Crippen LogP) is 5.49. The molecule has 4 N–H and O–H groups in total. The maximum Gasteiger partial charge on any atom is 0.269 e. The smallest absolute Gasteiger partial charge is 0.269 e. The Morgan fingerprint density at radius 3 is 2.42 bits per heavy atom. The van der Waals surface area contributed by atoms with Crippen LogP contribution < -0.4 is 16.4 Å². The van der Waals surface area contributed by atoms with Gasteiger partial charge in [-0.25, -0.2) is 22.4 Å². The monoisotopic (exact) mass is 591 g/mol. The number of benzene rings is 3. The number of nitrogen functional groups attached to an aromatic ring is 1. The van der Waals surface area contributed by atoms with E-state index in [9.17, 15) is 13.2 Å². The van der Waals surface area contributed by atoms with Crippen LogP contribution in [-0.4, -0.2) is 42.8 Å². The fourth-order valence-electron chi connectivity index (χ4n) is 4.38. The van der Waals surface area contributed by atoms with Crippen molar-refractivity contribution in [1.29, 1.82) is 0 Å². The van der Waals surface area contributed by atoms with Gasteiger partial charge in [0, 0.05) is 59.1 Å². The molecule has 2 heterocycles. The molecule has 43 heavy (non-hydrogen) atoms. The third-order valence-electron chi connectivity index (χ3n) is 6.70. The number of carbonyl (C=O) groups is 1. The van der Waals surface area contributed by atoms with Gasteiger partial charge in [0.05, 0.1) is 10.6 Å². The Bertz CT molecular complexity index is 2000. The number of nitrogens with one attached hydrogen (secondary N) is 2. The Kier molecular flexibility index (Phi) is 8.17. The maximum absolute atomic E-state index is 13.2. The van der Waals surface area contributed by atoms with Crippen LogP contribution in [0.5, 0.6) is 0 Å². The van der Waals surface area contributed by atoms with Crippen LogP contribution in [0.15, 0.2) is 124 Å². The van der Waals surface area contributed by atoms with E-state index in [1.807, 2.05) is 25.1 Å². The number of aryl methyl sites for hydroxylation is 1. The molecule has 0 aliphatic carbocycles. The van der Waals surface area contributed by atoms with Crippen LogP contribution in [0.2, 0.25) is 0 Å². The average Bonchev–Trinajstić information content (AvgIpc) is 3.46. The Morgan fingerprint density at radius 1 is 0.977 bits per heavy atom. The largest absolute Gasteiger partial charge is 0.399 e. The van der Waals surface area contributed by atoms with Crippen LogP contribution in [0.3, 0.4) is 0 Å². The first-order chi connectivity index (χ1) is 20.7. The van der Waals surface area contributed by atoms with Gasteiger partial charge in [-0.3, -0.25) is 9.79 Å². The molecule has 0 bridgehead atoms. The summed E-state index contributed by atoms with van der Waals surface area (Å²) in [6, 6.07) is 23.9. The third-order valence-corrected chi connectivity index (χ3v) is 8.39. The van der Waals surface area contributed by atoms with E-state index in [4.69, 9.17) is 5.73 Å². The molecular weight excluding hydrogens is 562 g/mol. The van der Waals surface area contributed by atoms with Gasteiger partial charge in [-0.1, -0.05) is 24.3 Å². The number of nitrogens with zero attached hydrogens (tertiary/aromatic N) is 4. The summed E-state index contributed by atoms with van der Waals surface area (Å²) in [6.07, 6.45) is 4.77. The number of hydrogen-bond acceptors (Lipinski definition) is 8. The van der Waals surface area contributed by atoms with E-state index in [0.29, 0.717) is 50.8 Å². The van der Waals surface area contributed by atoms with E-state index in [2.05, 4.69) is 32.3 Å². The number of carbonyl (C=O) groups excluding carboxylic acids is 1. The number of pyridine rings is 1. The molecule has 5 rings (SSSR count). The Labute approximate surface area is 249 Å². The Hall–Kier alpha value is -5.55. The van der Waals surface area contributed by atoms with E-state index < -0.39 is 10.0 Å². The zero-order valence-corrected chi connectivity index (χ0v) is 24.3. The summed E-state index contributed by atoms with van der Waals surface area (Å²) in [5.41, 5.74) is 10.5. The molecule has 0 aliphatic heterocycles. The summed E-state index contributed by atoms with van der Waals surface area (Å²) in [5, 5.41) is 6.78. The molecule has 0 spiro atoms. The molecule has 2 aromatic heterocycles. The topological polar surface area (TPSA) is 144 Å². The second kappa shape index (κ2) is 12.1. The van der Waals surface area contributed by atoms with Crippen LogP contribution in [0, 0.1) is 6.92 Å². The molecule has 216 valence electrons. The SMILES string of the molecule is C=N/C(=C\C(=NC)c1cnc2c(ccn2S(=O)(=O)c2ccccc2)c1)Nc1cc(NC(=O)c2ccc(N)cc2)ccc1C. The summed E-state index contributed by atoms with van der Waals surface area (Å²) in [6.45, 7) is 5.62. The molecule has 0 atom stereocenters. The Balaban J connectivity index is 1.38. The minimum atomic E-state index is -3.80. The molecule has 11 heteroatoms. The number of hydrogen-bond donors (Lipinski definition) is 3. The Morgan fingerprint density at radius 2 is 1.72 bits per heavy atom.